The third-order valence-electron chi connectivity index (χ3n) is 19.5. The molecule has 14 aromatic carbocycles. The molecule has 0 fully saturated rings. The van der Waals surface area contributed by atoms with E-state index in [9.17, 15) is 0 Å². The van der Waals surface area contributed by atoms with Crippen LogP contribution in [-0.2, 0) is 0 Å². The summed E-state index contributed by atoms with van der Waals surface area (Å²) >= 11 is 0. The highest BCUT2D eigenvalue weighted by atomic mass is 16.3. The molecule has 0 bridgehead atoms. The number of nitrogens with zero attached hydrogens (tertiary/aromatic N) is 6. The van der Waals surface area contributed by atoms with E-state index >= 15 is 0 Å². The largest absolute Gasteiger partial charge is 0.456 e. The Morgan fingerprint density at radius 2 is 0.521 bits per heavy atom. The van der Waals surface area contributed by atoms with Gasteiger partial charge in [-0.1, -0.05) is 182 Å². The molecule has 0 radical (unpaired) electrons. The SMILES string of the molecule is c1ccc2c(c1)oc1ccc(-c3ccc4c5ccccc5n(-c5ccc6cc(-c7nc(-n8c9ccccc9c9ccc(-c%10ccc%11oc%12ccccc%12c%11c%10)cc98)nc(-n8c9ccccc9c9ccc(-c%10ccc%11oc%12ccccc%12c%11c%10)cc98)n7)ccc6c5)c4c3)cc12. The molecule has 436 valence electrons. The second-order valence-corrected chi connectivity index (χ2v) is 24.7. The highest BCUT2D eigenvalue weighted by molar-refractivity contribution is 6.15. The van der Waals surface area contributed by atoms with Gasteiger partial charge in [-0.3, -0.25) is 9.13 Å². The molecule has 0 aliphatic rings. The zero-order valence-corrected chi connectivity index (χ0v) is 50.1. The van der Waals surface area contributed by atoms with Crippen molar-refractivity contribution >= 4 is 142 Å². The average Bonchev–Trinajstić information content (AvgIpc) is 1.58. The monoisotopic (exact) mass is 1200 g/mol. The predicted octanol–water partition coefficient (Wildman–Crippen LogP) is 22.7. The van der Waals surface area contributed by atoms with Crippen molar-refractivity contribution in [2.24, 2.45) is 0 Å². The van der Waals surface area contributed by atoms with Gasteiger partial charge in [0.15, 0.2) is 5.82 Å². The summed E-state index contributed by atoms with van der Waals surface area (Å²) in [6.07, 6.45) is 0. The number of hydrogen-bond acceptors (Lipinski definition) is 6. The Morgan fingerprint density at radius 3 is 0.968 bits per heavy atom. The molecule has 0 saturated heterocycles. The van der Waals surface area contributed by atoms with Crippen molar-refractivity contribution in [3.63, 3.8) is 0 Å². The summed E-state index contributed by atoms with van der Waals surface area (Å²) in [4.78, 5) is 16.8. The molecule has 7 heterocycles. The summed E-state index contributed by atoms with van der Waals surface area (Å²) in [6, 6.07) is 104. The molecule has 0 aliphatic heterocycles. The van der Waals surface area contributed by atoms with E-state index in [0.29, 0.717) is 17.7 Å². The van der Waals surface area contributed by atoms with Crippen LogP contribution in [0, 0.1) is 0 Å². The summed E-state index contributed by atoms with van der Waals surface area (Å²) in [6.45, 7) is 0. The maximum absolute atomic E-state index is 6.30. The zero-order valence-electron chi connectivity index (χ0n) is 50.1. The number of benzene rings is 14. The van der Waals surface area contributed by atoms with Gasteiger partial charge < -0.3 is 17.8 Å². The van der Waals surface area contributed by atoms with Crippen LogP contribution in [0.3, 0.4) is 0 Å². The molecular weight excluding hydrogens is 1150 g/mol. The van der Waals surface area contributed by atoms with Crippen LogP contribution in [0.1, 0.15) is 0 Å². The normalized spacial score (nSPS) is 12.3. The fourth-order valence-corrected chi connectivity index (χ4v) is 15.1. The maximum Gasteiger partial charge on any atom is 0.240 e. The first-order valence-corrected chi connectivity index (χ1v) is 31.7. The second-order valence-electron chi connectivity index (χ2n) is 24.7. The molecule has 0 amide bonds. The average molecular weight is 1200 g/mol. The van der Waals surface area contributed by atoms with Gasteiger partial charge in [0.2, 0.25) is 11.9 Å². The van der Waals surface area contributed by atoms with Crippen LogP contribution < -0.4 is 0 Å². The van der Waals surface area contributed by atoms with Crippen LogP contribution >= 0.6 is 0 Å². The standard InChI is InChI=1S/C85H48N6O3/c1-7-19-71-59(13-1)62-35-28-54(51-31-38-80-68(43-51)65-16-4-10-22-77(65)92-80)46-74(62)89(71)58-34-27-49-41-57(26-25-50(49)42-58)83-86-84(90-72-20-8-2-14-60(72)63-36-29-55(47-75(63)90)52-32-39-81-69(44-52)66-17-5-11-23-78(66)93-81)88-85(87-83)91-73-21-9-3-15-61(73)64-37-30-56(48-76(64)91)53-33-40-82-70(45-53)67-18-6-12-24-79(67)94-82/h1-48H. The Labute approximate surface area is 534 Å². The molecule has 21 aromatic rings. The Morgan fingerprint density at radius 1 is 0.202 bits per heavy atom. The Kier molecular flexibility index (Phi) is 10.5. The van der Waals surface area contributed by atoms with E-state index < -0.39 is 0 Å². The lowest BCUT2D eigenvalue weighted by Gasteiger charge is -2.14. The van der Waals surface area contributed by atoms with Crippen LogP contribution in [0.2, 0.25) is 0 Å². The van der Waals surface area contributed by atoms with E-state index in [1.54, 1.807) is 0 Å². The molecular formula is C85H48N6O3. The van der Waals surface area contributed by atoms with Crippen molar-refractivity contribution < 1.29 is 13.3 Å². The van der Waals surface area contributed by atoms with Gasteiger partial charge in [0.1, 0.15) is 33.5 Å². The molecule has 21 rings (SSSR count). The first kappa shape index (κ1) is 51.0. The second kappa shape index (κ2) is 19.3. The lowest BCUT2D eigenvalue weighted by Crippen LogP contribution is -2.10. The molecule has 0 saturated carbocycles. The summed E-state index contributed by atoms with van der Waals surface area (Å²) in [5, 5.41) is 15.5. The molecule has 0 atom stereocenters. The molecule has 94 heavy (non-hydrogen) atoms. The van der Waals surface area contributed by atoms with Crippen molar-refractivity contribution in [2.75, 3.05) is 0 Å². The summed E-state index contributed by atoms with van der Waals surface area (Å²) in [5.41, 5.74) is 19.9. The Balaban J connectivity index is 0.754. The van der Waals surface area contributed by atoms with E-state index in [4.69, 9.17) is 28.2 Å². The van der Waals surface area contributed by atoms with Crippen molar-refractivity contribution in [3.8, 4) is 62.4 Å². The van der Waals surface area contributed by atoms with Crippen LogP contribution in [-0.4, -0.2) is 28.7 Å². The summed E-state index contributed by atoms with van der Waals surface area (Å²) < 4.78 is 25.7. The van der Waals surface area contributed by atoms with E-state index in [1.165, 1.54) is 10.8 Å². The van der Waals surface area contributed by atoms with Crippen molar-refractivity contribution in [1.82, 2.24) is 28.7 Å². The maximum atomic E-state index is 6.30. The third-order valence-corrected chi connectivity index (χ3v) is 19.5. The zero-order chi connectivity index (χ0) is 61.3. The minimum atomic E-state index is 0.498. The first-order valence-electron chi connectivity index (χ1n) is 31.7. The fourth-order valence-electron chi connectivity index (χ4n) is 15.1. The predicted molar refractivity (Wildman–Crippen MR) is 384 cm³/mol. The Hall–Kier alpha value is -12.9. The Bertz CT molecular complexity index is 6580. The third kappa shape index (κ3) is 7.54. The van der Waals surface area contributed by atoms with E-state index in [1.807, 2.05) is 36.4 Å². The highest BCUT2D eigenvalue weighted by Crippen LogP contribution is 2.43. The number of hydrogen-bond donors (Lipinski definition) is 0. The van der Waals surface area contributed by atoms with Gasteiger partial charge in [-0.15, -0.1) is 0 Å². The van der Waals surface area contributed by atoms with Gasteiger partial charge in [-0.2, -0.15) is 15.0 Å². The van der Waals surface area contributed by atoms with Gasteiger partial charge in [-0.25, -0.2) is 0 Å². The molecule has 9 heteroatoms. The molecule has 9 nitrogen and oxygen atoms in total. The number of furan rings is 3. The van der Waals surface area contributed by atoms with Crippen molar-refractivity contribution in [2.45, 2.75) is 0 Å². The molecule has 0 unspecified atom stereocenters. The summed E-state index contributed by atoms with van der Waals surface area (Å²) in [7, 11) is 0. The molecule has 0 N–H and O–H groups in total. The molecule has 0 aliphatic carbocycles. The summed E-state index contributed by atoms with van der Waals surface area (Å²) in [5.74, 6) is 1.54. The molecule has 0 spiro atoms. The molecule has 7 aromatic heterocycles. The van der Waals surface area contributed by atoms with Gasteiger partial charge >= 0.3 is 0 Å². The lowest BCUT2D eigenvalue weighted by molar-refractivity contribution is 0.668. The number of fused-ring (bicyclic) bond motifs is 19. The van der Waals surface area contributed by atoms with Crippen LogP contribution in [0.5, 0.6) is 0 Å². The fraction of sp³-hybridized carbons (Fsp3) is 0. The minimum Gasteiger partial charge on any atom is -0.456 e. The number of para-hydroxylation sites is 6. The van der Waals surface area contributed by atoms with E-state index in [-0.39, 0.29) is 0 Å². The lowest BCUT2D eigenvalue weighted by atomic mass is 10.0. The van der Waals surface area contributed by atoms with Crippen molar-refractivity contribution in [3.05, 3.63) is 291 Å². The first-order chi connectivity index (χ1) is 46.5. The van der Waals surface area contributed by atoms with Crippen molar-refractivity contribution in [1.29, 1.82) is 0 Å². The van der Waals surface area contributed by atoms with Gasteiger partial charge in [0, 0.05) is 75.9 Å². The van der Waals surface area contributed by atoms with E-state index in [0.717, 1.165) is 176 Å². The number of aromatic nitrogens is 6. The smallest absolute Gasteiger partial charge is 0.240 e. The van der Waals surface area contributed by atoms with Crippen LogP contribution in [0.4, 0.5) is 0 Å². The van der Waals surface area contributed by atoms with E-state index in [2.05, 4.69) is 268 Å². The quantitative estimate of drug-likeness (QED) is 0.158. The minimum absolute atomic E-state index is 0.498. The van der Waals surface area contributed by atoms with Crippen LogP contribution in [0.15, 0.2) is 304 Å². The highest BCUT2D eigenvalue weighted by Gasteiger charge is 2.24. The number of rotatable bonds is 7. The van der Waals surface area contributed by atoms with Crippen LogP contribution in [0.25, 0.3) is 204 Å². The van der Waals surface area contributed by atoms with Gasteiger partial charge in [0.25, 0.3) is 0 Å². The van der Waals surface area contributed by atoms with Gasteiger partial charge in [0.05, 0.1) is 33.1 Å². The topological polar surface area (TPSA) is 92.9 Å². The van der Waals surface area contributed by atoms with Gasteiger partial charge in [-0.05, 0) is 153 Å².